The van der Waals surface area contributed by atoms with Gasteiger partial charge in [-0.15, -0.1) is 0 Å². The Labute approximate surface area is 161 Å². The molecule has 0 amide bonds. The van der Waals surface area contributed by atoms with Gasteiger partial charge in [0.1, 0.15) is 0 Å². The predicted molar refractivity (Wildman–Crippen MR) is 112 cm³/mol. The highest BCUT2D eigenvalue weighted by molar-refractivity contribution is 6.74. The lowest BCUT2D eigenvalue weighted by atomic mass is 10.1. The fraction of sp³-hybridized carbons (Fsp3) is 0.714. The number of rotatable bonds is 12. The molecule has 26 heavy (non-hydrogen) atoms. The van der Waals surface area contributed by atoms with E-state index in [4.69, 9.17) is 4.43 Å². The Morgan fingerprint density at radius 3 is 2.35 bits per heavy atom. The van der Waals surface area contributed by atoms with Crippen molar-refractivity contribution in [2.24, 2.45) is 0 Å². The van der Waals surface area contributed by atoms with Gasteiger partial charge in [0.2, 0.25) is 0 Å². The van der Waals surface area contributed by atoms with Crippen molar-refractivity contribution in [3.63, 3.8) is 0 Å². The van der Waals surface area contributed by atoms with Crippen molar-refractivity contribution < 1.29 is 14.6 Å². The van der Waals surface area contributed by atoms with E-state index in [1.165, 1.54) is 5.56 Å². The van der Waals surface area contributed by atoms with Gasteiger partial charge >= 0.3 is 0 Å². The first-order valence-corrected chi connectivity index (χ1v) is 12.8. The Hall–Kier alpha value is -0.723. The SMILES string of the molecule is CC(C)(C)[Si](C)(C)OCCCCC(O)CN(CCO)Cc1ccccc1. The maximum Gasteiger partial charge on any atom is 0.191 e. The van der Waals surface area contributed by atoms with Crippen LogP contribution in [0.4, 0.5) is 0 Å². The molecule has 0 aliphatic rings. The summed E-state index contributed by atoms with van der Waals surface area (Å²) in [6.07, 6.45) is 2.37. The van der Waals surface area contributed by atoms with Crippen LogP contribution < -0.4 is 0 Å². The summed E-state index contributed by atoms with van der Waals surface area (Å²) in [6.45, 7) is 14.2. The van der Waals surface area contributed by atoms with Crippen LogP contribution in [-0.4, -0.2) is 55.8 Å². The van der Waals surface area contributed by atoms with Crippen LogP contribution in [0.1, 0.15) is 45.6 Å². The molecular formula is C21H39NO3Si. The van der Waals surface area contributed by atoms with E-state index < -0.39 is 8.32 Å². The number of benzene rings is 1. The summed E-state index contributed by atoms with van der Waals surface area (Å²) >= 11 is 0. The smallest absolute Gasteiger partial charge is 0.191 e. The van der Waals surface area contributed by atoms with E-state index in [1.807, 2.05) is 18.2 Å². The molecule has 0 aliphatic heterocycles. The van der Waals surface area contributed by atoms with Crippen LogP contribution in [0, 0.1) is 0 Å². The lowest BCUT2D eigenvalue weighted by molar-refractivity contribution is 0.0869. The summed E-state index contributed by atoms with van der Waals surface area (Å²) < 4.78 is 6.19. The molecular weight excluding hydrogens is 342 g/mol. The first-order valence-electron chi connectivity index (χ1n) is 9.85. The van der Waals surface area contributed by atoms with Gasteiger partial charge in [0.05, 0.1) is 12.7 Å². The third-order valence-electron chi connectivity index (χ3n) is 5.33. The van der Waals surface area contributed by atoms with Gasteiger partial charge in [-0.2, -0.15) is 0 Å². The van der Waals surface area contributed by atoms with E-state index >= 15 is 0 Å². The highest BCUT2D eigenvalue weighted by atomic mass is 28.4. The van der Waals surface area contributed by atoms with Crippen molar-refractivity contribution >= 4 is 8.32 Å². The lowest BCUT2D eigenvalue weighted by Gasteiger charge is -2.36. The van der Waals surface area contributed by atoms with Gasteiger partial charge in [-0.25, -0.2) is 0 Å². The topological polar surface area (TPSA) is 52.9 Å². The van der Waals surface area contributed by atoms with Crippen molar-refractivity contribution in [2.75, 3.05) is 26.3 Å². The summed E-state index contributed by atoms with van der Waals surface area (Å²) in [4.78, 5) is 2.12. The molecule has 1 aromatic rings. The summed E-state index contributed by atoms with van der Waals surface area (Å²) in [5.74, 6) is 0. The maximum atomic E-state index is 10.4. The van der Waals surface area contributed by atoms with Gasteiger partial charge in [0.25, 0.3) is 0 Å². The van der Waals surface area contributed by atoms with Gasteiger partial charge in [-0.05, 0) is 43.0 Å². The highest BCUT2D eigenvalue weighted by Crippen LogP contribution is 2.36. The van der Waals surface area contributed by atoms with Crippen LogP contribution >= 0.6 is 0 Å². The summed E-state index contributed by atoms with van der Waals surface area (Å²) in [5, 5.41) is 19.9. The molecule has 5 heteroatoms. The van der Waals surface area contributed by atoms with Gasteiger partial charge in [0, 0.05) is 26.2 Å². The first kappa shape index (κ1) is 23.3. The van der Waals surface area contributed by atoms with Crippen LogP contribution in [0.5, 0.6) is 0 Å². The van der Waals surface area contributed by atoms with Gasteiger partial charge in [0.15, 0.2) is 8.32 Å². The standard InChI is InChI=1S/C21H39NO3Si/c1-21(2,3)26(4,5)25-16-10-9-13-20(24)18-22(14-15-23)17-19-11-7-6-8-12-19/h6-8,11-12,20,23-24H,9-10,13-18H2,1-5H3. The van der Waals surface area contributed by atoms with Gasteiger partial charge < -0.3 is 14.6 Å². The van der Waals surface area contributed by atoms with Crippen molar-refractivity contribution in [3.8, 4) is 0 Å². The van der Waals surface area contributed by atoms with Gasteiger partial charge in [-0.3, -0.25) is 4.90 Å². The second-order valence-electron chi connectivity index (χ2n) is 8.70. The molecule has 4 nitrogen and oxygen atoms in total. The van der Waals surface area contributed by atoms with Crippen LogP contribution in [0.2, 0.25) is 18.1 Å². The van der Waals surface area contributed by atoms with Crippen molar-refractivity contribution in [2.45, 2.75) is 70.8 Å². The zero-order valence-corrected chi connectivity index (χ0v) is 18.4. The molecule has 0 saturated carbocycles. The fourth-order valence-electron chi connectivity index (χ4n) is 2.63. The molecule has 0 bridgehead atoms. The Bertz CT molecular complexity index is 488. The summed E-state index contributed by atoms with van der Waals surface area (Å²) in [6, 6.07) is 10.2. The largest absolute Gasteiger partial charge is 0.417 e. The van der Waals surface area contributed by atoms with E-state index in [2.05, 4.69) is 50.9 Å². The van der Waals surface area contributed by atoms with Crippen molar-refractivity contribution in [1.29, 1.82) is 0 Å². The third kappa shape index (κ3) is 8.78. The van der Waals surface area contributed by atoms with Crippen LogP contribution in [0.15, 0.2) is 30.3 Å². The minimum atomic E-state index is -1.66. The molecule has 0 aromatic heterocycles. The molecule has 0 saturated heterocycles. The number of aliphatic hydroxyl groups excluding tert-OH is 2. The summed E-state index contributed by atoms with van der Waals surface area (Å²) in [7, 11) is -1.66. The first-order chi connectivity index (χ1) is 12.2. The number of unbranched alkanes of at least 4 members (excludes halogenated alkanes) is 1. The Kier molecular flexibility index (Phi) is 10.0. The Balaban J connectivity index is 2.30. The lowest BCUT2D eigenvalue weighted by Crippen LogP contribution is -2.41. The zero-order chi connectivity index (χ0) is 19.6. The molecule has 0 spiro atoms. The van der Waals surface area contributed by atoms with Crippen molar-refractivity contribution in [1.82, 2.24) is 4.90 Å². The minimum absolute atomic E-state index is 0.111. The quantitative estimate of drug-likeness (QED) is 0.424. The van der Waals surface area contributed by atoms with Crippen LogP contribution in [0.25, 0.3) is 0 Å². The molecule has 150 valence electrons. The van der Waals surface area contributed by atoms with E-state index in [0.29, 0.717) is 13.1 Å². The zero-order valence-electron chi connectivity index (χ0n) is 17.4. The number of nitrogens with zero attached hydrogens (tertiary/aromatic N) is 1. The normalized spacial score (nSPS) is 14.0. The van der Waals surface area contributed by atoms with E-state index in [1.54, 1.807) is 0 Å². The average Bonchev–Trinajstić information content (AvgIpc) is 2.54. The minimum Gasteiger partial charge on any atom is -0.417 e. The fourth-order valence-corrected chi connectivity index (χ4v) is 3.72. The number of aliphatic hydroxyl groups is 2. The summed E-state index contributed by atoms with van der Waals surface area (Å²) in [5.41, 5.74) is 1.20. The third-order valence-corrected chi connectivity index (χ3v) is 9.87. The second kappa shape index (κ2) is 11.2. The Morgan fingerprint density at radius 1 is 1.12 bits per heavy atom. The highest BCUT2D eigenvalue weighted by Gasteiger charge is 2.36. The Morgan fingerprint density at radius 2 is 1.77 bits per heavy atom. The second-order valence-corrected chi connectivity index (χ2v) is 13.5. The molecule has 1 aromatic carbocycles. The van der Waals surface area contributed by atoms with Crippen LogP contribution in [0.3, 0.4) is 0 Å². The van der Waals surface area contributed by atoms with E-state index in [9.17, 15) is 10.2 Å². The molecule has 0 aliphatic carbocycles. The molecule has 0 radical (unpaired) electrons. The van der Waals surface area contributed by atoms with E-state index in [-0.39, 0.29) is 17.7 Å². The monoisotopic (exact) mass is 381 g/mol. The van der Waals surface area contributed by atoms with Crippen molar-refractivity contribution in [3.05, 3.63) is 35.9 Å². The van der Waals surface area contributed by atoms with E-state index in [0.717, 1.165) is 32.4 Å². The molecule has 1 rings (SSSR count). The maximum absolute atomic E-state index is 10.4. The average molecular weight is 382 g/mol. The molecule has 1 atom stereocenters. The molecule has 0 heterocycles. The number of hydrogen-bond acceptors (Lipinski definition) is 4. The molecule has 0 fully saturated rings. The van der Waals surface area contributed by atoms with Gasteiger partial charge in [-0.1, -0.05) is 51.1 Å². The predicted octanol–water partition coefficient (Wildman–Crippen LogP) is 4.03. The van der Waals surface area contributed by atoms with Crippen LogP contribution in [-0.2, 0) is 11.0 Å². The molecule has 2 N–H and O–H groups in total. The molecule has 1 unspecified atom stereocenters. The number of hydrogen-bond donors (Lipinski definition) is 2.